The first-order valence-electron chi connectivity index (χ1n) is 6.54. The van der Waals surface area contributed by atoms with Gasteiger partial charge in [-0.15, -0.1) is 0 Å². The van der Waals surface area contributed by atoms with Crippen LogP contribution in [0, 0.1) is 0 Å². The van der Waals surface area contributed by atoms with Gasteiger partial charge in [-0.25, -0.2) is 4.83 Å². The molecule has 116 valence electrons. The molecule has 0 unspecified atom stereocenters. The molecule has 0 aliphatic rings. The highest BCUT2D eigenvalue weighted by Gasteiger charge is 2.12. The molecule has 0 fully saturated rings. The molecule has 0 aliphatic carbocycles. The highest BCUT2D eigenvalue weighted by molar-refractivity contribution is 9.10. The Labute approximate surface area is 138 Å². The second-order valence-electron chi connectivity index (χ2n) is 4.31. The predicted molar refractivity (Wildman–Crippen MR) is 89.7 cm³/mol. The standard InChI is InChI=1S/C15H15BrN2O3S/c1-2-21-14-7-9-15(10-8-14)22(19,20)18-17-11-12-3-5-13(16)6-4-12/h3-11,18H,2H2,1H3. The molecule has 5 nitrogen and oxygen atoms in total. The first-order chi connectivity index (χ1) is 10.5. The lowest BCUT2D eigenvalue weighted by Crippen LogP contribution is -2.18. The number of nitrogens with zero attached hydrogens (tertiary/aromatic N) is 1. The molecule has 2 aromatic rings. The van der Waals surface area contributed by atoms with Crippen molar-refractivity contribution in [3.8, 4) is 5.75 Å². The molecule has 0 atom stereocenters. The number of ether oxygens (including phenoxy) is 1. The van der Waals surface area contributed by atoms with Crippen molar-refractivity contribution in [1.82, 2.24) is 4.83 Å². The molecule has 0 bridgehead atoms. The largest absolute Gasteiger partial charge is 0.494 e. The minimum atomic E-state index is -3.68. The van der Waals surface area contributed by atoms with Crippen LogP contribution < -0.4 is 9.57 Å². The molecule has 0 amide bonds. The molecule has 0 heterocycles. The van der Waals surface area contributed by atoms with Crippen molar-refractivity contribution in [3.63, 3.8) is 0 Å². The molecule has 2 aromatic carbocycles. The Kier molecular flexibility index (Phi) is 5.57. The lowest BCUT2D eigenvalue weighted by Gasteiger charge is -2.05. The molecule has 7 heteroatoms. The van der Waals surface area contributed by atoms with E-state index in [4.69, 9.17) is 4.74 Å². The molecule has 0 saturated carbocycles. The van der Waals surface area contributed by atoms with Gasteiger partial charge in [0.15, 0.2) is 0 Å². The summed E-state index contributed by atoms with van der Waals surface area (Å²) in [6.07, 6.45) is 1.44. The number of nitrogens with one attached hydrogen (secondary N) is 1. The molecule has 0 aliphatic heterocycles. The smallest absolute Gasteiger partial charge is 0.276 e. The van der Waals surface area contributed by atoms with Gasteiger partial charge in [0.25, 0.3) is 10.0 Å². The van der Waals surface area contributed by atoms with Crippen LogP contribution in [-0.4, -0.2) is 21.2 Å². The highest BCUT2D eigenvalue weighted by atomic mass is 79.9. The van der Waals surface area contributed by atoms with E-state index in [1.54, 1.807) is 12.1 Å². The fraction of sp³-hybridized carbons (Fsp3) is 0.133. The fourth-order valence-electron chi connectivity index (χ4n) is 1.65. The van der Waals surface area contributed by atoms with Gasteiger partial charge in [0.1, 0.15) is 5.75 Å². The quantitative estimate of drug-likeness (QED) is 0.616. The molecule has 0 radical (unpaired) electrons. The van der Waals surface area contributed by atoms with Crippen molar-refractivity contribution in [2.45, 2.75) is 11.8 Å². The molecule has 0 spiro atoms. The zero-order valence-electron chi connectivity index (χ0n) is 11.9. The topological polar surface area (TPSA) is 67.8 Å². The van der Waals surface area contributed by atoms with Crippen LogP contribution in [0.1, 0.15) is 12.5 Å². The normalized spacial score (nSPS) is 11.5. The van der Waals surface area contributed by atoms with Gasteiger partial charge < -0.3 is 4.74 Å². The van der Waals surface area contributed by atoms with Gasteiger partial charge in [0.2, 0.25) is 0 Å². The summed E-state index contributed by atoms with van der Waals surface area (Å²) in [6.45, 7) is 2.39. The summed E-state index contributed by atoms with van der Waals surface area (Å²) in [5, 5.41) is 3.77. The number of benzene rings is 2. The third-order valence-electron chi connectivity index (χ3n) is 2.70. The maximum Gasteiger partial charge on any atom is 0.276 e. The molecule has 2 rings (SSSR count). The Bertz CT molecular complexity index is 741. The average Bonchev–Trinajstić information content (AvgIpc) is 2.50. The Morgan fingerprint density at radius 1 is 1.14 bits per heavy atom. The fourth-order valence-corrected chi connectivity index (χ4v) is 2.71. The van der Waals surface area contributed by atoms with E-state index < -0.39 is 10.0 Å². The molecule has 22 heavy (non-hydrogen) atoms. The monoisotopic (exact) mass is 382 g/mol. The van der Waals surface area contributed by atoms with Crippen LogP contribution >= 0.6 is 15.9 Å². The van der Waals surface area contributed by atoms with Crippen molar-refractivity contribution < 1.29 is 13.2 Å². The van der Waals surface area contributed by atoms with E-state index in [1.807, 2.05) is 31.2 Å². The Hall–Kier alpha value is -1.86. The van der Waals surface area contributed by atoms with Crippen LogP contribution in [0.15, 0.2) is 63.0 Å². The zero-order valence-corrected chi connectivity index (χ0v) is 14.3. The average molecular weight is 383 g/mol. The van der Waals surface area contributed by atoms with E-state index in [0.29, 0.717) is 12.4 Å². The third kappa shape index (κ3) is 4.57. The first kappa shape index (κ1) is 16.5. The molecule has 0 saturated heterocycles. The number of hydrogen-bond acceptors (Lipinski definition) is 4. The van der Waals surface area contributed by atoms with Crippen LogP contribution in [0.3, 0.4) is 0 Å². The van der Waals surface area contributed by atoms with E-state index >= 15 is 0 Å². The summed E-state index contributed by atoms with van der Waals surface area (Å²) < 4.78 is 30.4. The van der Waals surface area contributed by atoms with Gasteiger partial charge in [-0.2, -0.15) is 13.5 Å². The number of sulfonamides is 1. The Morgan fingerprint density at radius 3 is 2.36 bits per heavy atom. The van der Waals surface area contributed by atoms with E-state index in [2.05, 4.69) is 25.9 Å². The second-order valence-corrected chi connectivity index (χ2v) is 6.89. The zero-order chi connectivity index (χ0) is 16.0. The lowest BCUT2D eigenvalue weighted by molar-refractivity contribution is 0.340. The summed E-state index contributed by atoms with van der Waals surface area (Å²) >= 11 is 3.33. The molecule has 0 aromatic heterocycles. The van der Waals surface area contributed by atoms with Gasteiger partial charge in [-0.1, -0.05) is 28.1 Å². The maximum atomic E-state index is 12.1. The van der Waals surface area contributed by atoms with Gasteiger partial charge in [-0.05, 0) is 48.9 Å². The lowest BCUT2D eigenvalue weighted by atomic mass is 10.2. The summed E-state index contributed by atoms with van der Waals surface area (Å²) in [7, 11) is -3.68. The van der Waals surface area contributed by atoms with Crippen LogP contribution in [0.4, 0.5) is 0 Å². The Balaban J connectivity index is 2.05. The number of hydrazone groups is 1. The highest BCUT2D eigenvalue weighted by Crippen LogP contribution is 2.15. The predicted octanol–water partition coefficient (Wildman–Crippen LogP) is 3.16. The van der Waals surface area contributed by atoms with E-state index in [1.165, 1.54) is 18.3 Å². The maximum absolute atomic E-state index is 12.1. The van der Waals surface area contributed by atoms with Crippen molar-refractivity contribution in [2.75, 3.05) is 6.61 Å². The summed E-state index contributed by atoms with van der Waals surface area (Å²) in [5.41, 5.74) is 0.789. The van der Waals surface area contributed by atoms with Crippen LogP contribution in [0.5, 0.6) is 5.75 Å². The summed E-state index contributed by atoms with van der Waals surface area (Å²) in [6, 6.07) is 13.5. The Morgan fingerprint density at radius 2 is 1.77 bits per heavy atom. The van der Waals surface area contributed by atoms with Crippen LogP contribution in [0.25, 0.3) is 0 Å². The van der Waals surface area contributed by atoms with Crippen molar-refractivity contribution >= 4 is 32.2 Å². The molecular weight excluding hydrogens is 368 g/mol. The number of halogens is 1. The van der Waals surface area contributed by atoms with Gasteiger partial charge in [-0.3, -0.25) is 0 Å². The van der Waals surface area contributed by atoms with Crippen LogP contribution in [-0.2, 0) is 10.0 Å². The molecule has 1 N–H and O–H groups in total. The van der Waals surface area contributed by atoms with Crippen molar-refractivity contribution in [2.24, 2.45) is 5.10 Å². The SMILES string of the molecule is CCOc1ccc(S(=O)(=O)NN=Cc2ccc(Br)cc2)cc1. The van der Waals surface area contributed by atoms with Crippen LogP contribution in [0.2, 0.25) is 0 Å². The minimum absolute atomic E-state index is 0.129. The van der Waals surface area contributed by atoms with E-state index in [9.17, 15) is 8.42 Å². The van der Waals surface area contributed by atoms with Gasteiger partial charge in [0.05, 0.1) is 17.7 Å². The first-order valence-corrected chi connectivity index (χ1v) is 8.82. The van der Waals surface area contributed by atoms with E-state index in [-0.39, 0.29) is 4.90 Å². The van der Waals surface area contributed by atoms with Gasteiger partial charge >= 0.3 is 0 Å². The summed E-state index contributed by atoms with van der Waals surface area (Å²) in [5.74, 6) is 0.625. The van der Waals surface area contributed by atoms with Crippen molar-refractivity contribution in [1.29, 1.82) is 0 Å². The number of hydrogen-bond donors (Lipinski definition) is 1. The van der Waals surface area contributed by atoms with Crippen molar-refractivity contribution in [3.05, 3.63) is 58.6 Å². The third-order valence-corrected chi connectivity index (χ3v) is 4.47. The minimum Gasteiger partial charge on any atom is -0.494 e. The van der Waals surface area contributed by atoms with E-state index in [0.717, 1.165) is 10.0 Å². The number of rotatable bonds is 6. The second kappa shape index (κ2) is 7.42. The molecular formula is C15H15BrN2O3S. The van der Waals surface area contributed by atoms with Gasteiger partial charge in [0, 0.05) is 4.47 Å². The summed E-state index contributed by atoms with van der Waals surface area (Å²) in [4.78, 5) is 2.31.